The van der Waals surface area contributed by atoms with Crippen LogP contribution in [0.4, 0.5) is 5.69 Å². The number of hydrogen-bond donors (Lipinski definition) is 4. The van der Waals surface area contributed by atoms with Crippen molar-refractivity contribution in [3.8, 4) is 0 Å². The molecule has 0 aliphatic heterocycles. The summed E-state index contributed by atoms with van der Waals surface area (Å²) < 4.78 is 0. The lowest BCUT2D eigenvalue weighted by Gasteiger charge is -2.13. The van der Waals surface area contributed by atoms with Crippen LogP contribution in [0, 0.1) is 6.92 Å². The quantitative estimate of drug-likeness (QED) is 0.557. The highest BCUT2D eigenvalue weighted by molar-refractivity contribution is 5.92. The molecule has 0 aromatic heterocycles. The van der Waals surface area contributed by atoms with E-state index in [0.717, 1.165) is 11.3 Å². The Morgan fingerprint density at radius 2 is 1.82 bits per heavy atom. The minimum Gasteiger partial charge on any atom is -0.395 e. The highest BCUT2D eigenvalue weighted by Gasteiger charge is 2.07. The molecule has 1 aromatic carbocycles. The van der Waals surface area contributed by atoms with E-state index in [0.29, 0.717) is 0 Å². The summed E-state index contributed by atoms with van der Waals surface area (Å²) in [7, 11) is 0. The highest BCUT2D eigenvalue weighted by Crippen LogP contribution is 2.07. The Labute approximate surface area is 100 Å². The van der Waals surface area contributed by atoms with Gasteiger partial charge in [0.15, 0.2) is 0 Å². The van der Waals surface area contributed by atoms with Crippen molar-refractivity contribution in [3.05, 3.63) is 29.8 Å². The topological polar surface area (TPSA) is 81.6 Å². The average Bonchev–Trinajstić information content (AvgIpc) is 2.33. The first kappa shape index (κ1) is 13.6. The third-order valence-electron chi connectivity index (χ3n) is 2.33. The lowest BCUT2D eigenvalue weighted by Crippen LogP contribution is -2.40. The molecule has 0 bridgehead atoms. The summed E-state index contributed by atoms with van der Waals surface area (Å²) in [5, 5.41) is 23.1. The Morgan fingerprint density at radius 1 is 1.24 bits per heavy atom. The molecular formula is C12H18N2O3. The molecule has 0 radical (unpaired) electrons. The van der Waals surface area contributed by atoms with E-state index in [-0.39, 0.29) is 25.7 Å². The van der Waals surface area contributed by atoms with Gasteiger partial charge in [0.05, 0.1) is 25.8 Å². The maximum atomic E-state index is 11.5. The Kier molecular flexibility index (Phi) is 5.62. The summed E-state index contributed by atoms with van der Waals surface area (Å²) in [4.78, 5) is 11.5. The molecule has 0 saturated carbocycles. The van der Waals surface area contributed by atoms with Crippen LogP contribution in [0.3, 0.4) is 0 Å². The summed E-state index contributed by atoms with van der Waals surface area (Å²) in [5.74, 6) is -0.208. The molecule has 0 atom stereocenters. The van der Waals surface area contributed by atoms with Crippen molar-refractivity contribution in [1.82, 2.24) is 5.32 Å². The van der Waals surface area contributed by atoms with Crippen LogP contribution in [-0.4, -0.2) is 41.9 Å². The molecule has 1 amide bonds. The van der Waals surface area contributed by atoms with Gasteiger partial charge in [0, 0.05) is 5.69 Å². The maximum Gasteiger partial charge on any atom is 0.238 e. The van der Waals surface area contributed by atoms with Crippen LogP contribution in [0.1, 0.15) is 5.56 Å². The van der Waals surface area contributed by atoms with Crippen LogP contribution in [0.5, 0.6) is 0 Å². The maximum absolute atomic E-state index is 11.5. The van der Waals surface area contributed by atoms with Gasteiger partial charge < -0.3 is 20.8 Å². The summed E-state index contributed by atoms with van der Waals surface area (Å²) in [6.45, 7) is 1.63. The average molecular weight is 238 g/mol. The van der Waals surface area contributed by atoms with Crippen LogP contribution in [0.15, 0.2) is 24.3 Å². The molecule has 17 heavy (non-hydrogen) atoms. The minimum absolute atomic E-state index is 0.0552. The third kappa shape index (κ3) is 4.95. The van der Waals surface area contributed by atoms with Gasteiger partial charge in [-0.05, 0) is 19.1 Å². The molecule has 1 rings (SSSR count). The number of amides is 1. The zero-order chi connectivity index (χ0) is 12.7. The first-order valence-electron chi connectivity index (χ1n) is 5.47. The number of aliphatic hydroxyl groups is 2. The Morgan fingerprint density at radius 3 is 2.35 bits per heavy atom. The lowest BCUT2D eigenvalue weighted by atomic mass is 10.2. The van der Waals surface area contributed by atoms with Crippen LogP contribution >= 0.6 is 0 Å². The van der Waals surface area contributed by atoms with Gasteiger partial charge in [0.25, 0.3) is 0 Å². The van der Waals surface area contributed by atoms with Gasteiger partial charge in [-0.3, -0.25) is 4.79 Å². The number of nitrogens with one attached hydrogen (secondary N) is 2. The van der Waals surface area contributed by atoms with Gasteiger partial charge in [-0.25, -0.2) is 0 Å². The first-order valence-corrected chi connectivity index (χ1v) is 5.47. The van der Waals surface area contributed by atoms with Gasteiger partial charge in [-0.2, -0.15) is 0 Å². The smallest absolute Gasteiger partial charge is 0.238 e. The van der Waals surface area contributed by atoms with Gasteiger partial charge in [0.1, 0.15) is 0 Å². The van der Waals surface area contributed by atoms with Crippen molar-refractivity contribution in [1.29, 1.82) is 0 Å². The van der Waals surface area contributed by atoms with Crippen molar-refractivity contribution in [3.63, 3.8) is 0 Å². The summed E-state index contributed by atoms with van der Waals surface area (Å²) >= 11 is 0. The predicted molar refractivity (Wildman–Crippen MR) is 65.8 cm³/mol. The fraction of sp³-hybridized carbons (Fsp3) is 0.417. The minimum atomic E-state index is -0.459. The molecule has 0 spiro atoms. The lowest BCUT2D eigenvalue weighted by molar-refractivity contribution is -0.115. The van der Waals surface area contributed by atoms with E-state index in [4.69, 9.17) is 10.2 Å². The molecule has 0 aliphatic carbocycles. The van der Waals surface area contributed by atoms with E-state index in [1.165, 1.54) is 0 Å². The molecule has 0 aliphatic rings. The molecule has 0 fully saturated rings. The van der Waals surface area contributed by atoms with Crippen molar-refractivity contribution < 1.29 is 15.0 Å². The molecule has 5 nitrogen and oxygen atoms in total. The second-order valence-electron chi connectivity index (χ2n) is 3.86. The molecular weight excluding hydrogens is 220 g/mol. The molecule has 0 saturated heterocycles. The van der Waals surface area contributed by atoms with Crippen LogP contribution in [-0.2, 0) is 4.79 Å². The van der Waals surface area contributed by atoms with Crippen molar-refractivity contribution >= 4 is 11.6 Å². The number of carbonyl (C=O) groups is 1. The SMILES string of the molecule is Cc1ccc(NC(=O)CNC(CO)CO)cc1. The van der Waals surface area contributed by atoms with E-state index in [1.54, 1.807) is 0 Å². The Bertz CT molecular complexity index is 347. The second kappa shape index (κ2) is 7.01. The van der Waals surface area contributed by atoms with Crippen molar-refractivity contribution in [2.24, 2.45) is 0 Å². The number of anilines is 1. The van der Waals surface area contributed by atoms with Crippen molar-refractivity contribution in [2.45, 2.75) is 13.0 Å². The fourth-order valence-corrected chi connectivity index (χ4v) is 1.27. The van der Waals surface area contributed by atoms with Crippen LogP contribution < -0.4 is 10.6 Å². The van der Waals surface area contributed by atoms with Crippen LogP contribution in [0.2, 0.25) is 0 Å². The Hall–Kier alpha value is -1.43. The second-order valence-corrected chi connectivity index (χ2v) is 3.86. The normalized spacial score (nSPS) is 10.6. The number of carbonyl (C=O) groups excluding carboxylic acids is 1. The van der Waals surface area contributed by atoms with E-state index in [1.807, 2.05) is 31.2 Å². The molecule has 0 unspecified atom stereocenters. The molecule has 5 heteroatoms. The highest BCUT2D eigenvalue weighted by atomic mass is 16.3. The number of rotatable bonds is 6. The first-order chi connectivity index (χ1) is 8.15. The molecule has 94 valence electrons. The van der Waals surface area contributed by atoms with E-state index < -0.39 is 6.04 Å². The van der Waals surface area contributed by atoms with Crippen LogP contribution in [0.25, 0.3) is 0 Å². The predicted octanol–water partition coefficient (Wildman–Crippen LogP) is -0.124. The fourth-order valence-electron chi connectivity index (χ4n) is 1.27. The standard InChI is InChI=1S/C12H18N2O3/c1-9-2-4-10(5-3-9)14-12(17)6-13-11(7-15)8-16/h2-5,11,13,15-16H,6-8H2,1H3,(H,14,17). The third-order valence-corrected chi connectivity index (χ3v) is 2.33. The van der Waals surface area contributed by atoms with Gasteiger partial charge in [0.2, 0.25) is 5.91 Å². The summed E-state index contributed by atoms with van der Waals surface area (Å²) in [5.41, 5.74) is 1.86. The van der Waals surface area contributed by atoms with E-state index in [9.17, 15) is 4.79 Å². The molecule has 4 N–H and O–H groups in total. The van der Waals surface area contributed by atoms with Gasteiger partial charge >= 0.3 is 0 Å². The van der Waals surface area contributed by atoms with Crippen molar-refractivity contribution in [2.75, 3.05) is 25.1 Å². The number of aryl methyl sites for hydroxylation is 1. The Balaban J connectivity index is 2.37. The number of benzene rings is 1. The summed E-state index contributed by atoms with van der Waals surface area (Å²) in [6, 6.07) is 7.00. The van der Waals surface area contributed by atoms with Gasteiger partial charge in [-0.1, -0.05) is 17.7 Å². The largest absolute Gasteiger partial charge is 0.395 e. The summed E-state index contributed by atoms with van der Waals surface area (Å²) in [6.07, 6.45) is 0. The monoisotopic (exact) mass is 238 g/mol. The van der Waals surface area contributed by atoms with E-state index in [2.05, 4.69) is 10.6 Å². The zero-order valence-electron chi connectivity index (χ0n) is 9.81. The zero-order valence-corrected chi connectivity index (χ0v) is 9.81. The molecule has 0 heterocycles. The number of aliphatic hydroxyl groups excluding tert-OH is 2. The van der Waals surface area contributed by atoms with Gasteiger partial charge in [-0.15, -0.1) is 0 Å². The number of hydrogen-bond acceptors (Lipinski definition) is 4. The van der Waals surface area contributed by atoms with E-state index >= 15 is 0 Å². The molecule has 1 aromatic rings.